The molecule has 0 spiro atoms. The van der Waals surface area contributed by atoms with Gasteiger partial charge in [-0.3, -0.25) is 4.98 Å². The molecule has 0 radical (unpaired) electrons. The molecule has 0 unspecified atom stereocenters. The molecule has 1 aliphatic rings. The van der Waals surface area contributed by atoms with Crippen molar-refractivity contribution in [3.05, 3.63) is 139 Å². The minimum atomic E-state index is -0.0333. The Labute approximate surface area is 218 Å². The lowest BCUT2D eigenvalue weighted by Crippen LogP contribution is -2.14. The van der Waals surface area contributed by atoms with Crippen LogP contribution >= 0.6 is 0 Å². The van der Waals surface area contributed by atoms with Crippen molar-refractivity contribution in [3.63, 3.8) is 0 Å². The minimum Gasteiger partial charge on any atom is -0.256 e. The van der Waals surface area contributed by atoms with Crippen LogP contribution in [-0.2, 0) is 5.41 Å². The molecule has 0 saturated carbocycles. The SMILES string of the molecule is CC1(C)c2ccccc2-c2cc3c(-c4ccc(-c5ccccn5)cc4)ccc(-c4ccccc4)c3cc21. The summed E-state index contributed by atoms with van der Waals surface area (Å²) in [7, 11) is 0. The van der Waals surface area contributed by atoms with Gasteiger partial charge in [0.1, 0.15) is 0 Å². The zero-order valence-electron chi connectivity index (χ0n) is 21.1. The largest absolute Gasteiger partial charge is 0.256 e. The van der Waals surface area contributed by atoms with Gasteiger partial charge in [-0.25, -0.2) is 0 Å². The molecule has 0 saturated heterocycles. The van der Waals surface area contributed by atoms with Crippen LogP contribution in [0.25, 0.3) is 55.4 Å². The van der Waals surface area contributed by atoms with E-state index in [0.717, 1.165) is 11.3 Å². The summed E-state index contributed by atoms with van der Waals surface area (Å²) in [6.45, 7) is 4.71. The standard InChI is InChI=1S/C36H27N/c1-36(2)33-13-7-6-12-29(33)32-22-30-28(25-15-17-26(18-16-25)35-14-8-9-21-37-35)20-19-27(31(30)23-34(32)36)24-10-4-3-5-11-24/h3-23H,1-2H3. The zero-order chi connectivity index (χ0) is 25.0. The number of fused-ring (bicyclic) bond motifs is 4. The number of pyridine rings is 1. The lowest BCUT2D eigenvalue weighted by Gasteiger charge is -2.22. The fourth-order valence-corrected chi connectivity index (χ4v) is 6.01. The molecule has 1 nitrogen and oxygen atoms in total. The van der Waals surface area contributed by atoms with Crippen LogP contribution in [0.5, 0.6) is 0 Å². The highest BCUT2D eigenvalue weighted by Crippen LogP contribution is 2.51. The highest BCUT2D eigenvalue weighted by molar-refractivity contribution is 6.08. The molecular weight excluding hydrogens is 446 g/mol. The van der Waals surface area contributed by atoms with E-state index < -0.39 is 0 Å². The van der Waals surface area contributed by atoms with Gasteiger partial charge in [-0.05, 0) is 79.5 Å². The highest BCUT2D eigenvalue weighted by Gasteiger charge is 2.35. The van der Waals surface area contributed by atoms with Crippen molar-refractivity contribution >= 4 is 10.8 Å². The molecule has 0 fully saturated rings. The second kappa shape index (κ2) is 8.28. The third kappa shape index (κ3) is 3.42. The number of aromatic nitrogens is 1. The van der Waals surface area contributed by atoms with Gasteiger partial charge in [0.05, 0.1) is 5.69 Å². The van der Waals surface area contributed by atoms with Gasteiger partial charge < -0.3 is 0 Å². The summed E-state index contributed by atoms with van der Waals surface area (Å²) in [6.07, 6.45) is 1.85. The molecule has 1 heterocycles. The number of benzene rings is 5. The Morgan fingerprint density at radius 2 is 1.08 bits per heavy atom. The van der Waals surface area contributed by atoms with E-state index in [1.165, 1.54) is 55.3 Å². The molecule has 1 heteroatoms. The Bertz CT molecular complexity index is 1760. The van der Waals surface area contributed by atoms with Crippen molar-refractivity contribution < 1.29 is 0 Å². The normalized spacial score (nSPS) is 13.4. The summed E-state index contributed by atoms with van der Waals surface area (Å²) in [4.78, 5) is 4.52. The molecule has 1 aliphatic carbocycles. The van der Waals surface area contributed by atoms with Crippen LogP contribution in [0.15, 0.2) is 128 Å². The Hall–Kier alpha value is -4.49. The van der Waals surface area contributed by atoms with E-state index in [-0.39, 0.29) is 5.41 Å². The molecule has 7 rings (SSSR count). The predicted molar refractivity (Wildman–Crippen MR) is 156 cm³/mol. The maximum Gasteiger partial charge on any atom is 0.0701 e. The average Bonchev–Trinajstić information content (AvgIpc) is 3.18. The van der Waals surface area contributed by atoms with Crippen LogP contribution in [0.3, 0.4) is 0 Å². The summed E-state index contributed by atoms with van der Waals surface area (Å²) in [5, 5.41) is 2.59. The molecule has 0 N–H and O–H groups in total. The highest BCUT2D eigenvalue weighted by atomic mass is 14.7. The molecule has 37 heavy (non-hydrogen) atoms. The average molecular weight is 474 g/mol. The summed E-state index contributed by atoms with van der Waals surface area (Å²) >= 11 is 0. The number of hydrogen-bond acceptors (Lipinski definition) is 1. The van der Waals surface area contributed by atoms with Gasteiger partial charge >= 0.3 is 0 Å². The summed E-state index contributed by atoms with van der Waals surface area (Å²) in [6, 6.07) is 44.0. The van der Waals surface area contributed by atoms with Gasteiger partial charge in [-0.15, -0.1) is 0 Å². The Morgan fingerprint density at radius 1 is 0.459 bits per heavy atom. The van der Waals surface area contributed by atoms with E-state index in [0.29, 0.717) is 0 Å². The van der Waals surface area contributed by atoms with Gasteiger partial charge in [0, 0.05) is 17.2 Å². The van der Waals surface area contributed by atoms with Crippen LogP contribution in [0, 0.1) is 0 Å². The summed E-state index contributed by atoms with van der Waals surface area (Å²) < 4.78 is 0. The predicted octanol–water partition coefficient (Wildman–Crippen LogP) is 9.54. The number of hydrogen-bond donors (Lipinski definition) is 0. The fraction of sp³-hybridized carbons (Fsp3) is 0.0833. The van der Waals surface area contributed by atoms with Crippen molar-refractivity contribution in [2.24, 2.45) is 0 Å². The quantitative estimate of drug-likeness (QED) is 0.249. The van der Waals surface area contributed by atoms with Gasteiger partial charge in [-0.2, -0.15) is 0 Å². The lowest BCUT2D eigenvalue weighted by molar-refractivity contribution is 0.661. The van der Waals surface area contributed by atoms with Crippen LogP contribution in [0.4, 0.5) is 0 Å². The molecule has 0 aliphatic heterocycles. The van der Waals surface area contributed by atoms with E-state index >= 15 is 0 Å². The van der Waals surface area contributed by atoms with Gasteiger partial charge in [0.2, 0.25) is 0 Å². The third-order valence-corrected chi connectivity index (χ3v) is 7.96. The molecule has 176 valence electrons. The van der Waals surface area contributed by atoms with Crippen LogP contribution in [0.2, 0.25) is 0 Å². The number of rotatable bonds is 3. The van der Waals surface area contributed by atoms with Crippen molar-refractivity contribution in [2.45, 2.75) is 19.3 Å². The molecule has 0 atom stereocenters. The first kappa shape index (κ1) is 21.8. The fourth-order valence-electron chi connectivity index (χ4n) is 6.01. The minimum absolute atomic E-state index is 0.0333. The van der Waals surface area contributed by atoms with Crippen molar-refractivity contribution in [3.8, 4) is 44.6 Å². The lowest BCUT2D eigenvalue weighted by atomic mass is 9.81. The van der Waals surface area contributed by atoms with Crippen molar-refractivity contribution in [1.82, 2.24) is 4.98 Å². The number of nitrogens with zero attached hydrogens (tertiary/aromatic N) is 1. The molecule has 1 aromatic heterocycles. The van der Waals surface area contributed by atoms with Crippen molar-refractivity contribution in [2.75, 3.05) is 0 Å². The van der Waals surface area contributed by atoms with Crippen LogP contribution in [-0.4, -0.2) is 4.98 Å². The van der Waals surface area contributed by atoms with Crippen molar-refractivity contribution in [1.29, 1.82) is 0 Å². The second-order valence-electron chi connectivity index (χ2n) is 10.4. The van der Waals surface area contributed by atoms with E-state index in [1.807, 2.05) is 18.3 Å². The van der Waals surface area contributed by atoms with E-state index in [9.17, 15) is 0 Å². The Kier molecular flexibility index (Phi) is 4.87. The Morgan fingerprint density at radius 3 is 1.81 bits per heavy atom. The molecule has 0 amide bonds. The van der Waals surface area contributed by atoms with Crippen LogP contribution < -0.4 is 0 Å². The monoisotopic (exact) mass is 473 g/mol. The maximum absolute atomic E-state index is 4.52. The zero-order valence-corrected chi connectivity index (χ0v) is 21.1. The molecular formula is C36H27N. The van der Waals surface area contributed by atoms with Gasteiger partial charge in [0.25, 0.3) is 0 Å². The van der Waals surface area contributed by atoms with E-state index in [1.54, 1.807) is 0 Å². The van der Waals surface area contributed by atoms with Gasteiger partial charge in [0.15, 0.2) is 0 Å². The first-order chi connectivity index (χ1) is 18.1. The molecule has 0 bridgehead atoms. The second-order valence-corrected chi connectivity index (χ2v) is 10.4. The third-order valence-electron chi connectivity index (χ3n) is 7.96. The summed E-state index contributed by atoms with van der Waals surface area (Å²) in [5.74, 6) is 0. The summed E-state index contributed by atoms with van der Waals surface area (Å²) in [5.41, 5.74) is 12.6. The topological polar surface area (TPSA) is 12.9 Å². The Balaban J connectivity index is 1.48. The molecule has 5 aromatic carbocycles. The van der Waals surface area contributed by atoms with E-state index in [4.69, 9.17) is 0 Å². The maximum atomic E-state index is 4.52. The van der Waals surface area contributed by atoms with Gasteiger partial charge in [-0.1, -0.05) is 111 Å². The first-order valence-electron chi connectivity index (χ1n) is 12.9. The smallest absolute Gasteiger partial charge is 0.0701 e. The first-order valence-corrected chi connectivity index (χ1v) is 12.9. The molecule has 6 aromatic rings. The van der Waals surface area contributed by atoms with Crippen LogP contribution in [0.1, 0.15) is 25.0 Å². The van der Waals surface area contributed by atoms with E-state index in [2.05, 4.69) is 128 Å².